The summed E-state index contributed by atoms with van der Waals surface area (Å²) in [4.78, 5) is 12.9. The summed E-state index contributed by atoms with van der Waals surface area (Å²) < 4.78 is 11.9. The van der Waals surface area contributed by atoms with E-state index in [2.05, 4.69) is 33.8 Å². The molecule has 0 radical (unpaired) electrons. The summed E-state index contributed by atoms with van der Waals surface area (Å²) in [6.45, 7) is 9.55. The fourth-order valence-electron chi connectivity index (χ4n) is 4.63. The first-order chi connectivity index (χ1) is 17.1. The van der Waals surface area contributed by atoms with Crippen LogP contribution in [0.15, 0.2) is 48.5 Å². The zero-order valence-electron chi connectivity index (χ0n) is 22.7. The number of carbonyl (C=O) groups is 1. The molecular weight excluding hydrogens is 432 g/mol. The Hall–Kier alpha value is -2.13. The van der Waals surface area contributed by atoms with Crippen molar-refractivity contribution >= 4 is 5.97 Å². The molecule has 0 amide bonds. The molecule has 0 saturated heterocycles. The van der Waals surface area contributed by atoms with Crippen molar-refractivity contribution in [2.45, 2.75) is 117 Å². The Morgan fingerprint density at radius 1 is 0.743 bits per heavy atom. The second kappa shape index (κ2) is 17.3. The third-order valence-electron chi connectivity index (χ3n) is 6.84. The quantitative estimate of drug-likeness (QED) is 0.121. The molecule has 2 unspecified atom stereocenters. The van der Waals surface area contributed by atoms with Gasteiger partial charge in [-0.3, -0.25) is 0 Å². The van der Waals surface area contributed by atoms with Gasteiger partial charge in [0.2, 0.25) is 0 Å². The zero-order chi connectivity index (χ0) is 25.3. The van der Waals surface area contributed by atoms with E-state index in [1.54, 1.807) is 0 Å². The molecule has 2 rings (SSSR count). The fraction of sp³-hybridized carbons (Fsp3) is 0.594. The molecule has 2 aromatic rings. The van der Waals surface area contributed by atoms with Crippen molar-refractivity contribution < 1.29 is 14.3 Å². The molecule has 0 aliphatic rings. The first kappa shape index (κ1) is 29.1. The van der Waals surface area contributed by atoms with Crippen molar-refractivity contribution in [3.05, 3.63) is 65.2 Å². The normalized spacial score (nSPS) is 12.9. The van der Waals surface area contributed by atoms with Crippen LogP contribution < -0.4 is 4.74 Å². The molecular formula is C32H48O3. The molecule has 0 fully saturated rings. The largest absolute Gasteiger partial charge is 0.423 e. The molecule has 0 heterocycles. The van der Waals surface area contributed by atoms with E-state index in [1.165, 1.54) is 51.4 Å². The number of carbonyl (C=O) groups excluding carboxylic acids is 1. The SMILES string of the molecule is CCCCCCCCCOC(C)c1ccc(C(=O)Oc2ccccc2C(CCC)CCCC)cc1. The van der Waals surface area contributed by atoms with Crippen LogP contribution in [0.25, 0.3) is 0 Å². The Morgan fingerprint density at radius 3 is 2.09 bits per heavy atom. The smallest absolute Gasteiger partial charge is 0.343 e. The van der Waals surface area contributed by atoms with E-state index >= 15 is 0 Å². The lowest BCUT2D eigenvalue weighted by Gasteiger charge is -2.19. The number of esters is 1. The van der Waals surface area contributed by atoms with E-state index in [0.29, 0.717) is 17.2 Å². The summed E-state index contributed by atoms with van der Waals surface area (Å²) in [5, 5.41) is 0. The number of hydrogen-bond acceptors (Lipinski definition) is 3. The summed E-state index contributed by atoms with van der Waals surface area (Å²) in [6, 6.07) is 15.7. The predicted molar refractivity (Wildman–Crippen MR) is 147 cm³/mol. The molecule has 3 heteroatoms. The lowest BCUT2D eigenvalue weighted by atomic mass is 9.89. The first-order valence-corrected chi connectivity index (χ1v) is 14.1. The Bertz CT molecular complexity index is 827. The van der Waals surface area contributed by atoms with E-state index < -0.39 is 0 Å². The first-order valence-electron chi connectivity index (χ1n) is 14.1. The minimum atomic E-state index is -0.300. The average Bonchev–Trinajstić information content (AvgIpc) is 2.88. The van der Waals surface area contributed by atoms with E-state index in [-0.39, 0.29) is 12.1 Å². The zero-order valence-corrected chi connectivity index (χ0v) is 22.7. The number of ether oxygens (including phenoxy) is 2. The highest BCUT2D eigenvalue weighted by Crippen LogP contribution is 2.34. The summed E-state index contributed by atoms with van der Waals surface area (Å²) in [5.74, 6) is 0.828. The predicted octanol–water partition coefficient (Wildman–Crippen LogP) is 9.81. The molecule has 2 atom stereocenters. The van der Waals surface area contributed by atoms with Crippen LogP contribution in [0.1, 0.15) is 138 Å². The van der Waals surface area contributed by atoms with E-state index in [0.717, 1.165) is 43.4 Å². The third kappa shape index (κ3) is 10.6. The van der Waals surface area contributed by atoms with Crippen molar-refractivity contribution in [2.75, 3.05) is 6.61 Å². The Kier molecular flexibility index (Phi) is 14.4. The third-order valence-corrected chi connectivity index (χ3v) is 6.84. The van der Waals surface area contributed by atoms with Crippen molar-refractivity contribution in [2.24, 2.45) is 0 Å². The van der Waals surface area contributed by atoms with Crippen LogP contribution in [-0.2, 0) is 4.74 Å². The van der Waals surface area contributed by atoms with Gasteiger partial charge in [0.25, 0.3) is 0 Å². The summed E-state index contributed by atoms with van der Waals surface area (Å²) in [6.07, 6.45) is 14.7. The van der Waals surface area contributed by atoms with E-state index in [9.17, 15) is 4.79 Å². The maximum atomic E-state index is 12.9. The minimum Gasteiger partial charge on any atom is -0.423 e. The summed E-state index contributed by atoms with van der Waals surface area (Å²) in [7, 11) is 0. The van der Waals surface area contributed by atoms with Crippen LogP contribution in [-0.4, -0.2) is 12.6 Å². The Labute approximate surface area is 214 Å². The van der Waals surface area contributed by atoms with Gasteiger partial charge in [-0.05, 0) is 61.4 Å². The van der Waals surface area contributed by atoms with Gasteiger partial charge in [0.05, 0.1) is 11.7 Å². The molecule has 0 aromatic heterocycles. The highest BCUT2D eigenvalue weighted by molar-refractivity contribution is 5.91. The highest BCUT2D eigenvalue weighted by atomic mass is 16.5. The molecule has 0 bridgehead atoms. The van der Waals surface area contributed by atoms with E-state index in [4.69, 9.17) is 9.47 Å². The maximum Gasteiger partial charge on any atom is 0.343 e. The highest BCUT2D eigenvalue weighted by Gasteiger charge is 2.18. The lowest BCUT2D eigenvalue weighted by molar-refractivity contribution is 0.0626. The van der Waals surface area contributed by atoms with Crippen LogP contribution in [0.3, 0.4) is 0 Å². The van der Waals surface area contributed by atoms with E-state index in [1.807, 2.05) is 42.5 Å². The molecule has 3 nitrogen and oxygen atoms in total. The van der Waals surface area contributed by atoms with Gasteiger partial charge in [-0.25, -0.2) is 4.79 Å². The lowest BCUT2D eigenvalue weighted by Crippen LogP contribution is -2.12. The van der Waals surface area contributed by atoms with Gasteiger partial charge < -0.3 is 9.47 Å². The summed E-state index contributed by atoms with van der Waals surface area (Å²) in [5.41, 5.74) is 2.82. The van der Waals surface area contributed by atoms with Gasteiger partial charge in [-0.15, -0.1) is 0 Å². The van der Waals surface area contributed by atoms with Gasteiger partial charge in [0.15, 0.2) is 0 Å². The molecule has 2 aromatic carbocycles. The van der Waals surface area contributed by atoms with Gasteiger partial charge in [0.1, 0.15) is 5.75 Å². The van der Waals surface area contributed by atoms with Gasteiger partial charge in [0, 0.05) is 6.61 Å². The van der Waals surface area contributed by atoms with Crippen molar-refractivity contribution in [3.63, 3.8) is 0 Å². The standard InChI is InChI=1S/C32H48O3/c1-5-8-10-11-12-13-16-25-34-26(4)27-21-23-29(24-22-27)32(33)35-31-20-15-14-19-30(31)28(17-7-3)18-9-6-2/h14-15,19-24,26,28H,5-13,16-18,25H2,1-4H3. The maximum absolute atomic E-state index is 12.9. The van der Waals surface area contributed by atoms with Crippen LogP contribution >= 0.6 is 0 Å². The Balaban J connectivity index is 1.88. The number of rotatable bonds is 18. The molecule has 0 saturated carbocycles. The monoisotopic (exact) mass is 480 g/mol. The molecule has 0 aliphatic heterocycles. The number of para-hydroxylation sites is 1. The van der Waals surface area contributed by atoms with Crippen LogP contribution in [0.4, 0.5) is 0 Å². The van der Waals surface area contributed by atoms with Gasteiger partial charge in [-0.1, -0.05) is 109 Å². The average molecular weight is 481 g/mol. The van der Waals surface area contributed by atoms with Crippen LogP contribution in [0.5, 0.6) is 5.75 Å². The summed E-state index contributed by atoms with van der Waals surface area (Å²) >= 11 is 0. The van der Waals surface area contributed by atoms with Crippen molar-refractivity contribution in [3.8, 4) is 5.75 Å². The van der Waals surface area contributed by atoms with Crippen molar-refractivity contribution in [1.29, 1.82) is 0 Å². The number of hydrogen-bond donors (Lipinski definition) is 0. The topological polar surface area (TPSA) is 35.5 Å². The molecule has 0 spiro atoms. The van der Waals surface area contributed by atoms with Crippen LogP contribution in [0, 0.1) is 0 Å². The molecule has 194 valence electrons. The molecule has 35 heavy (non-hydrogen) atoms. The van der Waals surface area contributed by atoms with Gasteiger partial charge in [-0.2, -0.15) is 0 Å². The van der Waals surface area contributed by atoms with Crippen molar-refractivity contribution in [1.82, 2.24) is 0 Å². The van der Waals surface area contributed by atoms with Crippen LogP contribution in [0.2, 0.25) is 0 Å². The number of unbranched alkanes of at least 4 members (excludes halogenated alkanes) is 7. The Morgan fingerprint density at radius 2 is 1.40 bits per heavy atom. The second-order valence-electron chi connectivity index (χ2n) is 9.81. The molecule has 0 N–H and O–H groups in total. The minimum absolute atomic E-state index is 0.0225. The van der Waals surface area contributed by atoms with Gasteiger partial charge >= 0.3 is 5.97 Å². The number of benzene rings is 2. The molecule has 0 aliphatic carbocycles. The second-order valence-corrected chi connectivity index (χ2v) is 9.81. The fourth-order valence-corrected chi connectivity index (χ4v) is 4.63.